The van der Waals surface area contributed by atoms with E-state index in [1.165, 1.54) is 38.6 Å². The van der Waals surface area contributed by atoms with Crippen molar-refractivity contribution in [3.8, 4) is 34.4 Å². The minimum Gasteiger partial charge on any atom is -0.312 e. The highest BCUT2D eigenvalue weighted by Crippen LogP contribution is 2.48. The second-order valence-electron chi connectivity index (χ2n) is 11.8. The number of hydrogen-bond donors (Lipinski definition) is 0. The third-order valence-electron chi connectivity index (χ3n) is 8.94. The largest absolute Gasteiger partial charge is 0.312 e. The van der Waals surface area contributed by atoms with Crippen LogP contribution in [0.2, 0.25) is 0 Å². The maximum absolute atomic E-state index is 5.11. The van der Waals surface area contributed by atoms with Crippen LogP contribution in [0.4, 0.5) is 0 Å². The average molecular weight is 554 g/mol. The lowest BCUT2D eigenvalue weighted by atomic mass is 9.83. The van der Waals surface area contributed by atoms with Crippen molar-refractivity contribution in [2.24, 2.45) is 0 Å². The standard InChI is InChI=1S/C38H27N5/c1-38(2)29-23-32-28(22-33(29)42-30-19-11-9-17-26(30)21-34(38)42)27-18-10-12-20-31(27)43(32)37-40-35(24-13-5-3-6-14-24)39-36(41-37)25-15-7-4-8-16-25/h3-23H,1-2H3. The third kappa shape index (κ3) is 3.42. The van der Waals surface area contributed by atoms with Crippen LogP contribution in [0.15, 0.2) is 127 Å². The lowest BCUT2D eigenvalue weighted by Gasteiger charge is -2.19. The van der Waals surface area contributed by atoms with Crippen LogP contribution in [0.3, 0.4) is 0 Å². The van der Waals surface area contributed by atoms with Gasteiger partial charge in [0, 0.05) is 38.4 Å². The molecule has 0 N–H and O–H groups in total. The summed E-state index contributed by atoms with van der Waals surface area (Å²) >= 11 is 0. The van der Waals surface area contributed by atoms with Crippen LogP contribution < -0.4 is 0 Å². The summed E-state index contributed by atoms with van der Waals surface area (Å²) in [5.41, 5.74) is 8.98. The Hall–Kier alpha value is -5.55. The molecule has 0 unspecified atom stereocenters. The van der Waals surface area contributed by atoms with Crippen molar-refractivity contribution in [2.75, 3.05) is 0 Å². The molecule has 0 aliphatic carbocycles. The number of benzene rings is 5. The number of hydrogen-bond acceptors (Lipinski definition) is 3. The van der Waals surface area contributed by atoms with Crippen LogP contribution >= 0.6 is 0 Å². The molecule has 0 fully saturated rings. The molecule has 5 aromatic carbocycles. The summed E-state index contributed by atoms with van der Waals surface area (Å²) < 4.78 is 4.66. The molecule has 5 nitrogen and oxygen atoms in total. The van der Waals surface area contributed by atoms with Gasteiger partial charge in [0.15, 0.2) is 11.6 Å². The smallest absolute Gasteiger partial charge is 0.238 e. The molecule has 0 saturated carbocycles. The molecule has 0 saturated heterocycles. The van der Waals surface area contributed by atoms with Crippen LogP contribution in [0.1, 0.15) is 25.1 Å². The first-order valence-corrected chi connectivity index (χ1v) is 14.6. The van der Waals surface area contributed by atoms with Gasteiger partial charge in [-0.1, -0.05) is 111 Å². The number of aromatic nitrogens is 5. The Balaban J connectivity index is 1.37. The van der Waals surface area contributed by atoms with E-state index >= 15 is 0 Å². The fourth-order valence-corrected chi connectivity index (χ4v) is 6.81. The van der Waals surface area contributed by atoms with Crippen molar-refractivity contribution in [1.29, 1.82) is 0 Å². The van der Waals surface area contributed by atoms with Crippen molar-refractivity contribution < 1.29 is 0 Å². The van der Waals surface area contributed by atoms with E-state index in [0.717, 1.165) is 22.2 Å². The average Bonchev–Trinajstić information content (AvgIpc) is 3.67. The second kappa shape index (κ2) is 8.73. The van der Waals surface area contributed by atoms with Gasteiger partial charge in [-0.15, -0.1) is 0 Å². The van der Waals surface area contributed by atoms with Crippen LogP contribution in [0, 0.1) is 0 Å². The van der Waals surface area contributed by atoms with Crippen molar-refractivity contribution >= 4 is 32.7 Å². The second-order valence-corrected chi connectivity index (χ2v) is 11.8. The molecular weight excluding hydrogens is 526 g/mol. The summed E-state index contributed by atoms with van der Waals surface area (Å²) in [6, 6.07) is 44.6. The number of para-hydroxylation sites is 2. The Morgan fingerprint density at radius 1 is 0.512 bits per heavy atom. The molecule has 3 aromatic heterocycles. The van der Waals surface area contributed by atoms with Crippen LogP contribution in [0.25, 0.3) is 67.1 Å². The maximum atomic E-state index is 5.11. The summed E-state index contributed by atoms with van der Waals surface area (Å²) in [4.78, 5) is 15.2. The van der Waals surface area contributed by atoms with E-state index in [4.69, 9.17) is 15.0 Å². The van der Waals surface area contributed by atoms with Gasteiger partial charge in [-0.2, -0.15) is 9.97 Å². The van der Waals surface area contributed by atoms with Crippen molar-refractivity contribution in [3.05, 3.63) is 139 Å². The van der Waals surface area contributed by atoms with Gasteiger partial charge >= 0.3 is 0 Å². The summed E-state index contributed by atoms with van der Waals surface area (Å²) in [6.45, 7) is 4.65. The SMILES string of the molecule is CC1(C)c2cc3c(cc2-n2c1cc1ccccc12)c1ccccc1n3-c1nc(-c2ccccc2)nc(-c2ccccc2)n1. The van der Waals surface area contributed by atoms with E-state index in [9.17, 15) is 0 Å². The van der Waals surface area contributed by atoms with Crippen LogP contribution in [-0.4, -0.2) is 24.1 Å². The number of nitrogens with zero attached hydrogens (tertiary/aromatic N) is 5. The first-order valence-electron chi connectivity index (χ1n) is 14.6. The van der Waals surface area contributed by atoms with Gasteiger partial charge in [0.2, 0.25) is 5.95 Å². The Morgan fingerprint density at radius 3 is 1.81 bits per heavy atom. The van der Waals surface area contributed by atoms with Crippen molar-refractivity contribution in [3.63, 3.8) is 0 Å². The van der Waals surface area contributed by atoms with Gasteiger partial charge in [-0.3, -0.25) is 4.57 Å². The normalized spacial score (nSPS) is 13.5. The third-order valence-corrected chi connectivity index (χ3v) is 8.94. The highest BCUT2D eigenvalue weighted by molar-refractivity contribution is 6.10. The highest BCUT2D eigenvalue weighted by atomic mass is 15.2. The summed E-state index contributed by atoms with van der Waals surface area (Å²) in [7, 11) is 0. The topological polar surface area (TPSA) is 48.5 Å². The van der Waals surface area contributed by atoms with Crippen molar-refractivity contribution in [2.45, 2.75) is 19.3 Å². The lowest BCUT2D eigenvalue weighted by Crippen LogP contribution is -2.15. The Labute approximate surface area is 248 Å². The molecule has 0 radical (unpaired) electrons. The molecule has 9 rings (SSSR count). The zero-order valence-corrected chi connectivity index (χ0v) is 23.9. The van der Waals surface area contributed by atoms with Crippen LogP contribution in [-0.2, 0) is 5.41 Å². The van der Waals surface area contributed by atoms with Gasteiger partial charge in [0.05, 0.1) is 22.2 Å². The molecule has 8 aromatic rings. The van der Waals surface area contributed by atoms with E-state index in [1.54, 1.807) is 0 Å². The zero-order valence-electron chi connectivity index (χ0n) is 23.9. The number of rotatable bonds is 3. The molecule has 5 heteroatoms. The molecule has 43 heavy (non-hydrogen) atoms. The predicted molar refractivity (Wildman–Crippen MR) is 174 cm³/mol. The van der Waals surface area contributed by atoms with Gasteiger partial charge in [0.1, 0.15) is 0 Å². The van der Waals surface area contributed by atoms with Gasteiger partial charge in [0.25, 0.3) is 0 Å². The molecule has 0 atom stereocenters. The Bertz CT molecular complexity index is 2300. The minimum absolute atomic E-state index is 0.173. The fraction of sp³-hybridized carbons (Fsp3) is 0.0789. The molecule has 1 aliphatic rings. The van der Waals surface area contributed by atoms with Crippen molar-refractivity contribution in [1.82, 2.24) is 24.1 Å². The molecule has 1 aliphatic heterocycles. The lowest BCUT2D eigenvalue weighted by molar-refractivity contribution is 0.645. The van der Waals surface area contributed by atoms with Gasteiger partial charge < -0.3 is 4.57 Å². The zero-order chi connectivity index (χ0) is 28.7. The Morgan fingerprint density at radius 2 is 1.12 bits per heavy atom. The quantitative estimate of drug-likeness (QED) is 0.220. The molecule has 4 heterocycles. The summed E-state index contributed by atoms with van der Waals surface area (Å²) in [5.74, 6) is 1.92. The molecule has 204 valence electrons. The van der Waals surface area contributed by atoms with Gasteiger partial charge in [-0.05, 0) is 35.9 Å². The minimum atomic E-state index is -0.173. The maximum Gasteiger partial charge on any atom is 0.238 e. The molecule has 0 spiro atoms. The van der Waals surface area contributed by atoms with E-state index in [-0.39, 0.29) is 5.41 Å². The van der Waals surface area contributed by atoms with Gasteiger partial charge in [-0.25, -0.2) is 4.98 Å². The Kier molecular flexibility index (Phi) is 4.89. The fourth-order valence-electron chi connectivity index (χ4n) is 6.81. The molecule has 0 amide bonds. The van der Waals surface area contributed by atoms with E-state index in [0.29, 0.717) is 17.6 Å². The highest BCUT2D eigenvalue weighted by Gasteiger charge is 2.38. The van der Waals surface area contributed by atoms with Crippen LogP contribution in [0.5, 0.6) is 0 Å². The molecular formula is C38H27N5. The van der Waals surface area contributed by atoms with E-state index in [2.05, 4.69) is 89.7 Å². The first kappa shape index (κ1) is 24.1. The predicted octanol–water partition coefficient (Wildman–Crippen LogP) is 8.89. The molecule has 0 bridgehead atoms. The van der Waals surface area contributed by atoms with E-state index in [1.807, 2.05) is 60.7 Å². The van der Waals surface area contributed by atoms with E-state index < -0.39 is 0 Å². The summed E-state index contributed by atoms with van der Waals surface area (Å²) in [5, 5.41) is 3.62. The summed E-state index contributed by atoms with van der Waals surface area (Å²) in [6.07, 6.45) is 0. The monoisotopic (exact) mass is 553 g/mol. The first-order chi connectivity index (χ1) is 21.1. The number of fused-ring (bicyclic) bond motifs is 8.